The van der Waals surface area contributed by atoms with Crippen LogP contribution in [0.4, 0.5) is 0 Å². The smallest absolute Gasteiger partial charge is 0.272 e. The Balaban J connectivity index is 1.32. The van der Waals surface area contributed by atoms with Gasteiger partial charge in [0.15, 0.2) is 0 Å². The minimum Gasteiger partial charge on any atom is -0.355 e. The summed E-state index contributed by atoms with van der Waals surface area (Å²) in [6.07, 6.45) is 6.51. The zero-order chi connectivity index (χ0) is 18.6. The molecule has 2 aromatic rings. The first kappa shape index (κ1) is 18.1. The van der Waals surface area contributed by atoms with Gasteiger partial charge in [-0.2, -0.15) is 0 Å². The number of likely N-dealkylation sites (tertiary alicyclic amines) is 1. The van der Waals surface area contributed by atoms with Gasteiger partial charge in [0.25, 0.3) is 5.91 Å². The normalized spacial score (nSPS) is 19.7. The van der Waals surface area contributed by atoms with Crippen LogP contribution in [0.1, 0.15) is 52.8 Å². The summed E-state index contributed by atoms with van der Waals surface area (Å²) in [6.45, 7) is 2.12. The number of amides is 2. The van der Waals surface area contributed by atoms with Crippen LogP contribution in [0, 0.1) is 5.92 Å². The van der Waals surface area contributed by atoms with E-state index in [4.69, 9.17) is 4.98 Å². The fourth-order valence-corrected chi connectivity index (χ4v) is 4.43. The lowest BCUT2D eigenvalue weighted by Gasteiger charge is -2.31. The number of nitrogens with one attached hydrogen (secondary N) is 1. The van der Waals surface area contributed by atoms with Crippen molar-refractivity contribution < 1.29 is 9.59 Å². The quantitative estimate of drug-likeness (QED) is 0.831. The SMILES string of the molecule is O=C(NCCc1csc([C@H]2CCCN(C(=O)c3ccccn3)C2)n1)C1CC1. The molecule has 1 atom stereocenters. The highest BCUT2D eigenvalue weighted by atomic mass is 32.1. The van der Waals surface area contributed by atoms with E-state index in [9.17, 15) is 9.59 Å². The van der Waals surface area contributed by atoms with Crippen molar-refractivity contribution in [3.8, 4) is 0 Å². The van der Waals surface area contributed by atoms with Crippen LogP contribution in [0.5, 0.6) is 0 Å². The standard InChI is InChI=1S/C20H24N4O2S/c25-18(14-6-7-14)22-10-8-16-13-27-19(23-16)15-4-3-11-24(12-15)20(26)17-5-1-2-9-21-17/h1-2,5,9,13-15H,3-4,6-8,10-12H2,(H,22,25)/t15-/m0/s1. The van der Waals surface area contributed by atoms with Gasteiger partial charge in [-0.05, 0) is 37.8 Å². The maximum Gasteiger partial charge on any atom is 0.272 e. The molecule has 0 spiro atoms. The molecule has 7 heteroatoms. The summed E-state index contributed by atoms with van der Waals surface area (Å²) >= 11 is 1.67. The Bertz CT molecular complexity index is 803. The van der Waals surface area contributed by atoms with Gasteiger partial charge < -0.3 is 10.2 Å². The van der Waals surface area contributed by atoms with Crippen LogP contribution in [0.3, 0.4) is 0 Å². The third-order valence-corrected chi connectivity index (χ3v) is 6.20. The van der Waals surface area contributed by atoms with Gasteiger partial charge in [0.1, 0.15) is 5.69 Å². The molecule has 2 amide bonds. The number of aromatic nitrogens is 2. The molecule has 4 rings (SSSR count). The minimum absolute atomic E-state index is 0.000122. The first-order chi connectivity index (χ1) is 13.2. The molecular weight excluding hydrogens is 360 g/mol. The number of carbonyl (C=O) groups excluding carboxylic acids is 2. The van der Waals surface area contributed by atoms with Crippen molar-refractivity contribution in [1.29, 1.82) is 0 Å². The molecule has 2 aliphatic rings. The molecule has 1 saturated carbocycles. The van der Waals surface area contributed by atoms with E-state index in [2.05, 4.69) is 15.7 Å². The monoisotopic (exact) mass is 384 g/mol. The van der Waals surface area contributed by atoms with Crippen molar-refractivity contribution in [3.63, 3.8) is 0 Å². The summed E-state index contributed by atoms with van der Waals surface area (Å²) < 4.78 is 0. The van der Waals surface area contributed by atoms with Crippen LogP contribution in [0.2, 0.25) is 0 Å². The van der Waals surface area contributed by atoms with Gasteiger partial charge in [-0.15, -0.1) is 11.3 Å². The van der Waals surface area contributed by atoms with Gasteiger partial charge in [-0.1, -0.05) is 6.07 Å². The summed E-state index contributed by atoms with van der Waals surface area (Å²) in [5.41, 5.74) is 1.53. The molecule has 0 bridgehead atoms. The first-order valence-corrected chi connectivity index (χ1v) is 10.5. The summed E-state index contributed by atoms with van der Waals surface area (Å²) in [5, 5.41) is 6.16. The van der Waals surface area contributed by atoms with Crippen LogP contribution >= 0.6 is 11.3 Å². The molecule has 3 heterocycles. The number of hydrogen-bond donors (Lipinski definition) is 1. The number of hydrogen-bond acceptors (Lipinski definition) is 5. The highest BCUT2D eigenvalue weighted by Gasteiger charge is 2.29. The Morgan fingerprint density at radius 2 is 2.15 bits per heavy atom. The minimum atomic E-state index is -0.000122. The Kier molecular flexibility index (Phi) is 5.48. The van der Waals surface area contributed by atoms with E-state index >= 15 is 0 Å². The molecule has 142 valence electrons. The van der Waals surface area contributed by atoms with Crippen molar-refractivity contribution in [1.82, 2.24) is 20.2 Å². The number of nitrogens with zero attached hydrogens (tertiary/aromatic N) is 3. The fourth-order valence-electron chi connectivity index (χ4n) is 3.44. The maximum absolute atomic E-state index is 12.7. The van der Waals surface area contributed by atoms with Crippen molar-refractivity contribution in [2.75, 3.05) is 19.6 Å². The number of rotatable bonds is 6. The van der Waals surface area contributed by atoms with Crippen LogP contribution in [0.25, 0.3) is 0 Å². The lowest BCUT2D eigenvalue weighted by atomic mass is 9.98. The van der Waals surface area contributed by atoms with Gasteiger partial charge in [0, 0.05) is 49.5 Å². The fraction of sp³-hybridized carbons (Fsp3) is 0.500. The van der Waals surface area contributed by atoms with E-state index in [0.29, 0.717) is 18.8 Å². The summed E-state index contributed by atoms with van der Waals surface area (Å²) in [4.78, 5) is 35.2. The number of piperidine rings is 1. The zero-order valence-electron chi connectivity index (χ0n) is 15.3. The molecule has 1 saturated heterocycles. The predicted octanol–water partition coefficient (Wildman–Crippen LogP) is 2.63. The Morgan fingerprint density at radius 1 is 1.26 bits per heavy atom. The van der Waals surface area contributed by atoms with Gasteiger partial charge >= 0.3 is 0 Å². The van der Waals surface area contributed by atoms with E-state index in [1.54, 1.807) is 23.6 Å². The van der Waals surface area contributed by atoms with Crippen molar-refractivity contribution in [2.45, 2.75) is 38.0 Å². The lowest BCUT2D eigenvalue weighted by molar-refractivity contribution is -0.122. The molecular formula is C20H24N4O2S. The van der Waals surface area contributed by atoms with Gasteiger partial charge in [-0.25, -0.2) is 4.98 Å². The molecule has 0 radical (unpaired) electrons. The number of carbonyl (C=O) groups is 2. The summed E-state index contributed by atoms with van der Waals surface area (Å²) in [5.74, 6) is 0.716. The van der Waals surface area contributed by atoms with Crippen LogP contribution in [-0.4, -0.2) is 46.3 Å². The summed E-state index contributed by atoms with van der Waals surface area (Å²) in [6, 6.07) is 5.43. The molecule has 0 aromatic carbocycles. The van der Waals surface area contributed by atoms with Crippen LogP contribution in [-0.2, 0) is 11.2 Å². The second kappa shape index (κ2) is 8.17. The molecule has 0 unspecified atom stereocenters. The molecule has 2 fully saturated rings. The Morgan fingerprint density at radius 3 is 2.93 bits per heavy atom. The largest absolute Gasteiger partial charge is 0.355 e. The highest BCUT2D eigenvalue weighted by molar-refractivity contribution is 7.09. The molecule has 6 nitrogen and oxygen atoms in total. The average molecular weight is 385 g/mol. The topological polar surface area (TPSA) is 75.2 Å². The zero-order valence-corrected chi connectivity index (χ0v) is 16.1. The van der Waals surface area contributed by atoms with Gasteiger partial charge in [-0.3, -0.25) is 14.6 Å². The van der Waals surface area contributed by atoms with E-state index in [0.717, 1.165) is 49.4 Å². The van der Waals surface area contributed by atoms with E-state index < -0.39 is 0 Å². The molecule has 1 aliphatic carbocycles. The summed E-state index contributed by atoms with van der Waals surface area (Å²) in [7, 11) is 0. The second-order valence-corrected chi connectivity index (χ2v) is 8.19. The second-order valence-electron chi connectivity index (χ2n) is 7.30. The molecule has 2 aromatic heterocycles. The highest BCUT2D eigenvalue weighted by Crippen LogP contribution is 2.30. The van der Waals surface area contributed by atoms with Crippen molar-refractivity contribution >= 4 is 23.2 Å². The average Bonchev–Trinajstić information content (AvgIpc) is 3.47. The maximum atomic E-state index is 12.7. The van der Waals surface area contributed by atoms with Gasteiger partial charge in [0.2, 0.25) is 5.91 Å². The third kappa shape index (κ3) is 4.53. The van der Waals surface area contributed by atoms with E-state index in [1.807, 2.05) is 17.0 Å². The first-order valence-electron chi connectivity index (χ1n) is 9.63. The number of pyridine rings is 1. The van der Waals surface area contributed by atoms with E-state index in [1.165, 1.54) is 0 Å². The Labute approximate surface area is 163 Å². The van der Waals surface area contributed by atoms with Gasteiger partial charge in [0.05, 0.1) is 10.7 Å². The van der Waals surface area contributed by atoms with Crippen molar-refractivity contribution in [2.24, 2.45) is 5.92 Å². The van der Waals surface area contributed by atoms with Crippen LogP contribution < -0.4 is 5.32 Å². The number of thiazole rings is 1. The molecule has 27 heavy (non-hydrogen) atoms. The predicted molar refractivity (Wildman–Crippen MR) is 104 cm³/mol. The van der Waals surface area contributed by atoms with Crippen molar-refractivity contribution in [3.05, 3.63) is 46.2 Å². The van der Waals surface area contributed by atoms with Crippen LogP contribution in [0.15, 0.2) is 29.8 Å². The molecule has 1 aliphatic heterocycles. The lowest BCUT2D eigenvalue weighted by Crippen LogP contribution is -2.39. The Hall–Kier alpha value is -2.28. The van der Waals surface area contributed by atoms with E-state index in [-0.39, 0.29) is 23.7 Å². The molecule has 1 N–H and O–H groups in total. The third-order valence-electron chi connectivity index (χ3n) is 5.14.